The van der Waals surface area contributed by atoms with Gasteiger partial charge in [0.1, 0.15) is 11.8 Å². The van der Waals surface area contributed by atoms with Gasteiger partial charge in [-0.1, -0.05) is 69.2 Å². The van der Waals surface area contributed by atoms with E-state index >= 15 is 0 Å². The van der Waals surface area contributed by atoms with Gasteiger partial charge in [0.05, 0.1) is 0 Å². The Bertz CT molecular complexity index is 648. The van der Waals surface area contributed by atoms with Crippen LogP contribution in [0, 0.1) is 11.8 Å². The molecular formula is C19H25N3O2. The monoisotopic (exact) mass is 327 g/mol. The summed E-state index contributed by atoms with van der Waals surface area (Å²) in [6.45, 7) is 10.1. The maximum Gasteiger partial charge on any atom is 0.340 e. The molecule has 1 aliphatic carbocycles. The summed E-state index contributed by atoms with van der Waals surface area (Å²) in [5.41, 5.74) is 9.38. The van der Waals surface area contributed by atoms with Crippen LogP contribution in [0.5, 0.6) is 0 Å². The highest BCUT2D eigenvalue weighted by Crippen LogP contribution is 2.43. The number of azide groups is 1. The van der Waals surface area contributed by atoms with Crippen molar-refractivity contribution in [1.82, 2.24) is 0 Å². The fraction of sp³-hybridized carbons (Fsp3) is 0.526. The second-order valence-electron chi connectivity index (χ2n) is 7.19. The van der Waals surface area contributed by atoms with E-state index in [1.165, 1.54) is 5.56 Å². The molecule has 0 heterocycles. The van der Waals surface area contributed by atoms with Crippen molar-refractivity contribution >= 4 is 5.97 Å². The first kappa shape index (κ1) is 18.1. The molecule has 2 rings (SSSR count). The third-order valence-corrected chi connectivity index (χ3v) is 5.16. The highest BCUT2D eigenvalue weighted by Gasteiger charge is 2.42. The number of benzene rings is 1. The van der Waals surface area contributed by atoms with E-state index in [1.807, 2.05) is 18.2 Å². The average molecular weight is 327 g/mol. The summed E-state index contributed by atoms with van der Waals surface area (Å²) >= 11 is 0. The highest BCUT2D eigenvalue weighted by atomic mass is 16.5. The number of hydrogen-bond acceptors (Lipinski definition) is 3. The topological polar surface area (TPSA) is 75.1 Å². The summed E-state index contributed by atoms with van der Waals surface area (Å²) in [5, 5.41) is 3.27. The smallest absolute Gasteiger partial charge is 0.340 e. The van der Waals surface area contributed by atoms with Gasteiger partial charge in [-0.25, -0.2) is 4.79 Å². The first-order chi connectivity index (χ1) is 11.4. The minimum absolute atomic E-state index is 0.119. The normalized spacial score (nSPS) is 23.9. The molecule has 1 fully saturated rings. The molecule has 0 unspecified atom stereocenters. The quantitative estimate of drug-likeness (QED) is 0.247. The summed E-state index contributed by atoms with van der Waals surface area (Å²) in [7, 11) is 0. The lowest BCUT2D eigenvalue weighted by atomic mass is 9.64. The van der Waals surface area contributed by atoms with Crippen LogP contribution in [0.15, 0.2) is 47.7 Å². The van der Waals surface area contributed by atoms with Gasteiger partial charge in [0, 0.05) is 10.8 Å². The van der Waals surface area contributed by atoms with Gasteiger partial charge in [-0.15, -0.1) is 0 Å². The van der Waals surface area contributed by atoms with Crippen molar-refractivity contribution in [2.45, 2.75) is 51.6 Å². The number of nitrogens with zero attached hydrogens (tertiary/aromatic N) is 3. The third-order valence-electron chi connectivity index (χ3n) is 5.16. The summed E-state index contributed by atoms with van der Waals surface area (Å²) < 4.78 is 5.69. The largest absolute Gasteiger partial charge is 0.459 e. The zero-order valence-electron chi connectivity index (χ0n) is 14.6. The van der Waals surface area contributed by atoms with Crippen LogP contribution < -0.4 is 0 Å². The number of rotatable bonds is 5. The third kappa shape index (κ3) is 3.98. The number of carbonyl (C=O) groups excluding carboxylic acids is 1. The first-order valence-corrected chi connectivity index (χ1v) is 8.36. The molecule has 1 saturated carbocycles. The summed E-state index contributed by atoms with van der Waals surface area (Å²) in [5.74, 6) is 0.0815. The molecule has 24 heavy (non-hydrogen) atoms. The molecule has 1 aromatic rings. The molecule has 0 radical (unpaired) electrons. The van der Waals surface area contributed by atoms with E-state index in [4.69, 9.17) is 10.3 Å². The van der Waals surface area contributed by atoms with Gasteiger partial charge in [0.15, 0.2) is 0 Å². The number of carbonyl (C=O) groups is 1. The number of hydrogen-bond donors (Lipinski definition) is 0. The molecule has 5 nitrogen and oxygen atoms in total. The molecule has 0 aromatic heterocycles. The van der Waals surface area contributed by atoms with Crippen molar-refractivity contribution in [2.24, 2.45) is 17.0 Å². The molecular weight excluding hydrogens is 302 g/mol. The lowest BCUT2D eigenvalue weighted by molar-refractivity contribution is -0.151. The van der Waals surface area contributed by atoms with Crippen LogP contribution in [-0.4, -0.2) is 12.1 Å². The van der Waals surface area contributed by atoms with E-state index in [1.54, 1.807) is 0 Å². The van der Waals surface area contributed by atoms with Gasteiger partial charge in [-0.2, -0.15) is 0 Å². The first-order valence-electron chi connectivity index (χ1n) is 8.36. The highest BCUT2D eigenvalue weighted by molar-refractivity contribution is 5.87. The Labute approximate surface area is 143 Å². The Morgan fingerprint density at radius 1 is 1.33 bits per heavy atom. The zero-order valence-corrected chi connectivity index (χ0v) is 14.6. The molecule has 0 bridgehead atoms. The van der Waals surface area contributed by atoms with Crippen molar-refractivity contribution in [2.75, 3.05) is 0 Å². The molecule has 5 heteroatoms. The maximum absolute atomic E-state index is 12.1. The summed E-state index contributed by atoms with van der Waals surface area (Å²) in [4.78, 5) is 14.7. The minimum atomic E-state index is -0.624. The second-order valence-corrected chi connectivity index (χ2v) is 7.19. The molecule has 1 aromatic carbocycles. The molecule has 128 valence electrons. The molecule has 0 saturated heterocycles. The van der Waals surface area contributed by atoms with Crippen LogP contribution in [-0.2, 0) is 14.9 Å². The van der Waals surface area contributed by atoms with Crippen molar-refractivity contribution in [3.8, 4) is 0 Å². The average Bonchev–Trinajstić information content (AvgIpc) is 2.55. The van der Waals surface area contributed by atoms with E-state index in [-0.39, 0.29) is 23.1 Å². The van der Waals surface area contributed by atoms with Crippen molar-refractivity contribution in [1.29, 1.82) is 0 Å². The van der Waals surface area contributed by atoms with E-state index in [0.29, 0.717) is 5.92 Å². The van der Waals surface area contributed by atoms with Gasteiger partial charge in [0.2, 0.25) is 0 Å². The van der Waals surface area contributed by atoms with Gasteiger partial charge < -0.3 is 4.74 Å². The molecule has 1 aliphatic rings. The Morgan fingerprint density at radius 2 is 2.00 bits per heavy atom. The Hall–Kier alpha value is -2.26. The SMILES string of the molecule is C=C(N=[N+]=[N-])C(=O)O[C@@H]1C[C@H](C)CC[C@H]1C(C)(C)c1ccccc1. The van der Waals surface area contributed by atoms with Crippen LogP contribution in [0.3, 0.4) is 0 Å². The standard InChI is InChI=1S/C19H25N3O2/c1-13-10-11-16(19(3,4)15-8-6-5-7-9-15)17(12-13)24-18(23)14(2)21-22-20/h5-9,13,16-17H,2,10-12H2,1,3-4H3/t13-,16-,17-/m1/s1. The zero-order chi connectivity index (χ0) is 17.7. The number of ether oxygens (including phenoxy) is 1. The van der Waals surface area contributed by atoms with Crippen molar-refractivity contribution < 1.29 is 9.53 Å². The summed E-state index contributed by atoms with van der Waals surface area (Å²) in [6, 6.07) is 10.3. The van der Waals surface area contributed by atoms with E-state index in [2.05, 4.69) is 49.5 Å². The van der Waals surface area contributed by atoms with Gasteiger partial charge in [0.25, 0.3) is 0 Å². The molecule has 0 aliphatic heterocycles. The van der Waals surface area contributed by atoms with Gasteiger partial charge in [-0.05, 0) is 35.3 Å². The van der Waals surface area contributed by atoms with Gasteiger partial charge in [-0.3, -0.25) is 0 Å². The Kier molecular flexibility index (Phi) is 5.68. The van der Waals surface area contributed by atoms with Crippen LogP contribution in [0.1, 0.15) is 45.6 Å². The van der Waals surface area contributed by atoms with Crippen molar-refractivity contribution in [3.05, 3.63) is 58.6 Å². The Morgan fingerprint density at radius 3 is 2.62 bits per heavy atom. The second kappa shape index (κ2) is 7.54. The fourth-order valence-corrected chi connectivity index (χ4v) is 3.67. The van der Waals surface area contributed by atoms with Crippen LogP contribution in [0.25, 0.3) is 10.4 Å². The molecule has 0 spiro atoms. The predicted octanol–water partition coefficient (Wildman–Crippen LogP) is 5.14. The Balaban J connectivity index is 2.24. The predicted molar refractivity (Wildman–Crippen MR) is 94.1 cm³/mol. The van der Waals surface area contributed by atoms with E-state index < -0.39 is 5.97 Å². The van der Waals surface area contributed by atoms with Crippen LogP contribution >= 0.6 is 0 Å². The molecule has 0 N–H and O–H groups in total. The van der Waals surface area contributed by atoms with E-state index in [0.717, 1.165) is 19.3 Å². The number of esters is 1. The molecule has 0 amide bonds. The van der Waals surface area contributed by atoms with Crippen LogP contribution in [0.2, 0.25) is 0 Å². The lowest BCUT2D eigenvalue weighted by Crippen LogP contribution is -2.43. The van der Waals surface area contributed by atoms with Crippen LogP contribution in [0.4, 0.5) is 0 Å². The maximum atomic E-state index is 12.1. The van der Waals surface area contributed by atoms with Crippen molar-refractivity contribution in [3.63, 3.8) is 0 Å². The molecule has 3 atom stereocenters. The fourth-order valence-electron chi connectivity index (χ4n) is 3.67. The summed E-state index contributed by atoms with van der Waals surface area (Å²) in [6.07, 6.45) is 2.72. The van der Waals surface area contributed by atoms with Gasteiger partial charge >= 0.3 is 5.97 Å². The minimum Gasteiger partial charge on any atom is -0.459 e. The lowest BCUT2D eigenvalue weighted by Gasteiger charge is -2.44. The van der Waals surface area contributed by atoms with E-state index in [9.17, 15) is 4.79 Å².